The molecule has 6 heteroatoms. The van der Waals surface area contributed by atoms with Gasteiger partial charge in [0.25, 0.3) is 0 Å². The smallest absolute Gasteiger partial charge is 0.302 e. The molecule has 0 fully saturated rings. The standard InChI is InChI=1S/C4H11NO.C4H8O2.C2H6OS/c1-4(2,5)3-6;1-3-6-4(2)5;1-4(2)3/h6H,3,5H2,1-2H3;3H2,1-2H3;1-2H3. The number of esters is 1. The Morgan fingerprint density at radius 3 is 1.69 bits per heavy atom. The second-order valence-electron chi connectivity index (χ2n) is 3.81. The molecule has 16 heavy (non-hydrogen) atoms. The second kappa shape index (κ2) is 12.6. The lowest BCUT2D eigenvalue weighted by molar-refractivity contribution is -0.140. The Labute approximate surface area is 101 Å². The number of hydrogen-bond donors (Lipinski definition) is 2. The molecule has 0 aliphatic heterocycles. The van der Waals surface area contributed by atoms with Crippen LogP contribution in [-0.4, -0.2) is 46.5 Å². The fourth-order valence-corrected chi connectivity index (χ4v) is 0.203. The largest absolute Gasteiger partial charge is 0.466 e. The number of rotatable bonds is 2. The van der Waals surface area contributed by atoms with E-state index in [9.17, 15) is 9.00 Å². The zero-order chi connectivity index (χ0) is 13.8. The van der Waals surface area contributed by atoms with Crippen molar-refractivity contribution in [2.75, 3.05) is 25.7 Å². The van der Waals surface area contributed by atoms with Gasteiger partial charge in [0.1, 0.15) is 0 Å². The van der Waals surface area contributed by atoms with Gasteiger partial charge in [-0.05, 0) is 20.8 Å². The van der Waals surface area contributed by atoms with Crippen LogP contribution in [-0.2, 0) is 20.3 Å². The molecular weight excluding hydrogens is 230 g/mol. The maximum atomic E-state index is 9.82. The van der Waals surface area contributed by atoms with Crippen molar-refractivity contribution in [3.05, 3.63) is 0 Å². The Morgan fingerprint density at radius 2 is 1.69 bits per heavy atom. The summed E-state index contributed by atoms with van der Waals surface area (Å²) in [4.78, 5) is 9.82. The number of nitrogens with two attached hydrogens (primary N) is 1. The molecule has 0 bridgehead atoms. The van der Waals surface area contributed by atoms with Crippen molar-refractivity contribution in [1.29, 1.82) is 0 Å². The zero-order valence-corrected chi connectivity index (χ0v) is 11.9. The lowest BCUT2D eigenvalue weighted by atomic mass is 10.1. The van der Waals surface area contributed by atoms with Crippen LogP contribution in [0.15, 0.2) is 0 Å². The average molecular weight is 255 g/mol. The monoisotopic (exact) mass is 255 g/mol. The molecule has 0 radical (unpaired) electrons. The van der Waals surface area contributed by atoms with Crippen LogP contribution in [0, 0.1) is 0 Å². The Kier molecular flexibility index (Phi) is 16.5. The Morgan fingerprint density at radius 1 is 1.44 bits per heavy atom. The van der Waals surface area contributed by atoms with Gasteiger partial charge in [0.15, 0.2) is 0 Å². The van der Waals surface area contributed by atoms with Crippen LogP contribution < -0.4 is 5.73 Å². The lowest BCUT2D eigenvalue weighted by Gasteiger charge is -2.12. The maximum absolute atomic E-state index is 9.82. The predicted octanol–water partition coefficient (Wildman–Crippen LogP) is 0.280. The molecule has 3 N–H and O–H groups in total. The fraction of sp³-hybridized carbons (Fsp3) is 0.900. The Balaban J connectivity index is -0.000000162. The van der Waals surface area contributed by atoms with Crippen LogP contribution in [0.1, 0.15) is 27.7 Å². The normalized spacial score (nSPS) is 9.56. The molecule has 0 heterocycles. The maximum Gasteiger partial charge on any atom is 0.302 e. The quantitative estimate of drug-likeness (QED) is 0.692. The molecule has 0 rings (SSSR count). The van der Waals surface area contributed by atoms with Gasteiger partial charge in [-0.1, -0.05) is 0 Å². The highest BCUT2D eigenvalue weighted by Gasteiger charge is 2.05. The molecule has 0 atom stereocenters. The number of aliphatic hydroxyl groups is 1. The Hall–Kier alpha value is -0.460. The van der Waals surface area contributed by atoms with Crippen LogP contribution in [0.4, 0.5) is 0 Å². The van der Waals surface area contributed by atoms with Crippen molar-refractivity contribution >= 4 is 16.8 Å². The molecule has 0 spiro atoms. The van der Waals surface area contributed by atoms with Gasteiger partial charge in [-0.15, -0.1) is 0 Å². The summed E-state index contributed by atoms with van der Waals surface area (Å²) in [6.45, 7) is 7.24. The minimum atomic E-state index is -0.611. The van der Waals surface area contributed by atoms with Gasteiger partial charge in [-0.2, -0.15) is 0 Å². The summed E-state index contributed by atoms with van der Waals surface area (Å²) in [6, 6.07) is 0. The van der Waals surface area contributed by atoms with Crippen LogP contribution in [0.25, 0.3) is 0 Å². The molecule has 0 aromatic rings. The lowest BCUT2D eigenvalue weighted by Crippen LogP contribution is -2.35. The average Bonchev–Trinajstić information content (AvgIpc) is 2.02. The van der Waals surface area contributed by atoms with Gasteiger partial charge in [0.05, 0.1) is 13.2 Å². The highest BCUT2D eigenvalue weighted by molar-refractivity contribution is 7.83. The van der Waals surface area contributed by atoms with E-state index in [1.165, 1.54) is 6.92 Å². The fourth-order valence-electron chi connectivity index (χ4n) is 0.203. The molecular formula is C10H25NO4S. The van der Waals surface area contributed by atoms with Crippen molar-refractivity contribution in [3.8, 4) is 0 Å². The molecule has 5 nitrogen and oxygen atoms in total. The van der Waals surface area contributed by atoms with Crippen LogP contribution >= 0.6 is 0 Å². The van der Waals surface area contributed by atoms with Gasteiger partial charge in [0, 0.05) is 35.8 Å². The minimum absolute atomic E-state index is 0.0486. The summed E-state index contributed by atoms with van der Waals surface area (Å²) >= 11 is 0. The van der Waals surface area contributed by atoms with Crippen molar-refractivity contribution in [2.45, 2.75) is 33.2 Å². The second-order valence-corrected chi connectivity index (χ2v) is 5.30. The van der Waals surface area contributed by atoms with Gasteiger partial charge in [-0.3, -0.25) is 9.00 Å². The first-order chi connectivity index (χ1) is 7.06. The number of aliphatic hydroxyl groups excluding tert-OH is 1. The van der Waals surface area contributed by atoms with E-state index in [0.29, 0.717) is 6.61 Å². The van der Waals surface area contributed by atoms with E-state index < -0.39 is 16.3 Å². The van der Waals surface area contributed by atoms with Gasteiger partial charge in [-0.25, -0.2) is 0 Å². The first-order valence-corrected chi connectivity index (χ1v) is 6.81. The zero-order valence-electron chi connectivity index (χ0n) is 11.1. The highest BCUT2D eigenvalue weighted by Crippen LogP contribution is 1.89. The van der Waals surface area contributed by atoms with Crippen molar-refractivity contribution < 1.29 is 18.8 Å². The molecule has 0 amide bonds. The van der Waals surface area contributed by atoms with Crippen LogP contribution in [0.5, 0.6) is 0 Å². The highest BCUT2D eigenvalue weighted by atomic mass is 32.2. The molecule has 0 aliphatic rings. The Bertz CT molecular complexity index is 186. The summed E-state index contributed by atoms with van der Waals surface area (Å²) in [5, 5.41) is 8.28. The molecule has 0 aromatic heterocycles. The van der Waals surface area contributed by atoms with Gasteiger partial charge in [0.2, 0.25) is 0 Å². The summed E-state index contributed by atoms with van der Waals surface area (Å²) in [5.41, 5.74) is 4.88. The van der Waals surface area contributed by atoms with E-state index in [1.807, 2.05) is 0 Å². The number of carbonyl (C=O) groups is 1. The third-order valence-corrected chi connectivity index (χ3v) is 0.755. The summed E-state index contributed by atoms with van der Waals surface area (Å²) in [7, 11) is -0.611. The number of carbonyl (C=O) groups excluding carboxylic acids is 1. The first kappa shape index (κ1) is 20.9. The molecule has 100 valence electrons. The summed E-state index contributed by atoms with van der Waals surface area (Å²) in [6.07, 6.45) is 3.28. The van der Waals surface area contributed by atoms with Crippen molar-refractivity contribution in [2.24, 2.45) is 5.73 Å². The van der Waals surface area contributed by atoms with E-state index in [-0.39, 0.29) is 12.6 Å². The molecule has 0 saturated heterocycles. The summed E-state index contributed by atoms with van der Waals surface area (Å²) in [5.74, 6) is -0.211. The summed E-state index contributed by atoms with van der Waals surface area (Å²) < 4.78 is 14.0. The van der Waals surface area contributed by atoms with Crippen molar-refractivity contribution in [1.82, 2.24) is 0 Å². The van der Waals surface area contributed by atoms with Gasteiger partial charge >= 0.3 is 5.97 Å². The van der Waals surface area contributed by atoms with Gasteiger partial charge < -0.3 is 15.6 Å². The minimum Gasteiger partial charge on any atom is -0.466 e. The van der Waals surface area contributed by atoms with Crippen molar-refractivity contribution in [3.63, 3.8) is 0 Å². The van der Waals surface area contributed by atoms with E-state index in [4.69, 9.17) is 10.8 Å². The third-order valence-electron chi connectivity index (χ3n) is 0.755. The molecule has 0 aliphatic carbocycles. The molecule has 0 aromatic carbocycles. The molecule has 0 saturated carbocycles. The predicted molar refractivity (Wildman–Crippen MR) is 67.6 cm³/mol. The SMILES string of the molecule is CC(C)(N)CO.CCOC(C)=O.CS(C)=O. The third kappa shape index (κ3) is 69.4. The van der Waals surface area contributed by atoms with E-state index in [0.717, 1.165) is 0 Å². The van der Waals surface area contributed by atoms with E-state index in [1.54, 1.807) is 33.3 Å². The number of hydrogen-bond acceptors (Lipinski definition) is 5. The van der Waals surface area contributed by atoms with Crippen LogP contribution in [0.2, 0.25) is 0 Å². The molecule has 0 unspecified atom stereocenters. The van der Waals surface area contributed by atoms with E-state index in [2.05, 4.69) is 4.74 Å². The van der Waals surface area contributed by atoms with Crippen LogP contribution in [0.3, 0.4) is 0 Å². The number of ether oxygens (including phenoxy) is 1. The van der Waals surface area contributed by atoms with E-state index >= 15 is 0 Å². The topological polar surface area (TPSA) is 89.6 Å². The first-order valence-electron chi connectivity index (χ1n) is 4.85.